The largest absolute Gasteiger partial charge is 0.278 e. The molecule has 0 saturated carbocycles. The van der Waals surface area contributed by atoms with E-state index in [9.17, 15) is 10.1 Å². The number of nitrogens with one attached hydrogen (secondary N) is 1. The summed E-state index contributed by atoms with van der Waals surface area (Å²) in [4.78, 5) is 10.0. The Labute approximate surface area is 95.3 Å². The van der Waals surface area contributed by atoms with E-state index < -0.39 is 4.92 Å². The van der Waals surface area contributed by atoms with Crippen molar-refractivity contribution in [3.05, 3.63) is 33.9 Å². The van der Waals surface area contributed by atoms with Crippen LogP contribution in [0.3, 0.4) is 0 Å². The van der Waals surface area contributed by atoms with Gasteiger partial charge in [-0.25, -0.2) is 0 Å². The monoisotopic (exact) mass is 223 g/mol. The van der Waals surface area contributed by atoms with Gasteiger partial charge in [0.05, 0.1) is 10.6 Å². The molecule has 0 aliphatic rings. The molecule has 1 aromatic rings. The Morgan fingerprint density at radius 3 is 2.56 bits per heavy atom. The molecular weight excluding hydrogens is 206 g/mol. The molecule has 0 aliphatic carbocycles. The fourth-order valence-corrected chi connectivity index (χ4v) is 0.978. The highest BCUT2D eigenvalue weighted by Gasteiger charge is 2.07. The second-order valence-electron chi connectivity index (χ2n) is 2.76. The first kappa shape index (κ1) is 14.1. The number of non-ortho nitro benzene ring substituents is 1. The molecule has 0 aromatic heterocycles. The van der Waals surface area contributed by atoms with Gasteiger partial charge in [-0.1, -0.05) is 19.9 Å². The molecule has 0 heterocycles. The molecule has 0 unspecified atom stereocenters. The zero-order valence-electron chi connectivity index (χ0n) is 10.0. The Balaban J connectivity index is 0.00000106. The molecule has 88 valence electrons. The molecular formula is C11H17N3O2. The lowest BCUT2D eigenvalue weighted by atomic mass is 10.2. The van der Waals surface area contributed by atoms with Gasteiger partial charge in [-0.3, -0.25) is 15.5 Å². The fourth-order valence-electron chi connectivity index (χ4n) is 0.978. The van der Waals surface area contributed by atoms with Gasteiger partial charge in [-0.15, -0.1) is 0 Å². The maximum Gasteiger partial charge on any atom is 0.271 e. The SMILES string of the molecule is C/C=N\Nc1cc([N+](=O)[O-])ccc1C.CC. The Hall–Kier alpha value is -1.91. The van der Waals surface area contributed by atoms with Crippen LogP contribution in [0.4, 0.5) is 11.4 Å². The average molecular weight is 223 g/mol. The van der Waals surface area contributed by atoms with E-state index >= 15 is 0 Å². The van der Waals surface area contributed by atoms with Crippen LogP contribution in [0.1, 0.15) is 26.3 Å². The first-order valence-corrected chi connectivity index (χ1v) is 5.14. The van der Waals surface area contributed by atoms with E-state index in [2.05, 4.69) is 10.5 Å². The lowest BCUT2D eigenvalue weighted by Crippen LogP contribution is -1.94. The molecule has 5 nitrogen and oxygen atoms in total. The number of nitro groups is 1. The highest BCUT2D eigenvalue weighted by Crippen LogP contribution is 2.21. The fraction of sp³-hybridized carbons (Fsp3) is 0.364. The van der Waals surface area contributed by atoms with Gasteiger partial charge in [0.2, 0.25) is 0 Å². The van der Waals surface area contributed by atoms with Gasteiger partial charge < -0.3 is 0 Å². The molecule has 1 aromatic carbocycles. The van der Waals surface area contributed by atoms with Gasteiger partial charge in [0, 0.05) is 18.3 Å². The summed E-state index contributed by atoms with van der Waals surface area (Å²) >= 11 is 0. The van der Waals surface area contributed by atoms with Crippen molar-refractivity contribution in [2.45, 2.75) is 27.7 Å². The van der Waals surface area contributed by atoms with Crippen LogP contribution in [-0.2, 0) is 0 Å². The zero-order valence-corrected chi connectivity index (χ0v) is 10.0. The Bertz CT molecular complexity index is 375. The number of nitrogens with zero attached hydrogens (tertiary/aromatic N) is 2. The molecule has 0 atom stereocenters. The van der Waals surface area contributed by atoms with Gasteiger partial charge in [-0.05, 0) is 19.4 Å². The van der Waals surface area contributed by atoms with E-state index in [1.54, 1.807) is 19.2 Å². The first-order valence-electron chi connectivity index (χ1n) is 5.14. The molecule has 0 amide bonds. The molecule has 0 saturated heterocycles. The van der Waals surface area contributed by atoms with E-state index in [-0.39, 0.29) is 5.69 Å². The van der Waals surface area contributed by atoms with Gasteiger partial charge in [0.25, 0.3) is 5.69 Å². The quantitative estimate of drug-likeness (QED) is 0.485. The minimum atomic E-state index is -0.430. The zero-order chi connectivity index (χ0) is 12.6. The predicted molar refractivity (Wildman–Crippen MR) is 67.0 cm³/mol. The topological polar surface area (TPSA) is 67.5 Å². The number of aryl methyl sites for hydroxylation is 1. The van der Waals surface area contributed by atoms with Crippen LogP contribution < -0.4 is 5.43 Å². The summed E-state index contributed by atoms with van der Waals surface area (Å²) in [6.45, 7) is 7.62. The van der Waals surface area contributed by atoms with Crippen molar-refractivity contribution in [2.75, 3.05) is 5.43 Å². The van der Waals surface area contributed by atoms with E-state index in [0.717, 1.165) is 5.56 Å². The minimum absolute atomic E-state index is 0.0596. The number of hydrogen-bond donors (Lipinski definition) is 1. The van der Waals surface area contributed by atoms with Crippen molar-refractivity contribution in [3.8, 4) is 0 Å². The molecule has 1 rings (SSSR count). The van der Waals surface area contributed by atoms with E-state index in [0.29, 0.717) is 5.69 Å². The standard InChI is InChI=1S/C9H11N3O2.C2H6/c1-3-10-11-9-6-8(12(13)14)5-4-7(9)2;1-2/h3-6,11H,1-2H3;1-2H3/b10-3-;. The summed E-state index contributed by atoms with van der Waals surface area (Å²) in [5.41, 5.74) is 4.35. The summed E-state index contributed by atoms with van der Waals surface area (Å²) in [7, 11) is 0. The normalized spacial score (nSPS) is 9.50. The highest BCUT2D eigenvalue weighted by atomic mass is 16.6. The van der Waals surface area contributed by atoms with E-state index in [1.807, 2.05) is 20.8 Å². The number of anilines is 1. The van der Waals surface area contributed by atoms with Crippen molar-refractivity contribution >= 4 is 17.6 Å². The first-order chi connectivity index (χ1) is 7.65. The maximum absolute atomic E-state index is 10.5. The van der Waals surface area contributed by atoms with Gasteiger partial charge >= 0.3 is 0 Å². The van der Waals surface area contributed by atoms with Crippen LogP contribution >= 0.6 is 0 Å². The second-order valence-corrected chi connectivity index (χ2v) is 2.76. The third kappa shape index (κ3) is 4.08. The van der Waals surface area contributed by atoms with Crippen LogP contribution in [0.5, 0.6) is 0 Å². The van der Waals surface area contributed by atoms with Crippen LogP contribution in [0.25, 0.3) is 0 Å². The molecule has 1 N–H and O–H groups in total. The molecule has 0 spiro atoms. The molecule has 0 aliphatic heterocycles. The van der Waals surface area contributed by atoms with Gasteiger partial charge in [-0.2, -0.15) is 5.10 Å². The predicted octanol–water partition coefficient (Wildman–Crippen LogP) is 3.35. The van der Waals surface area contributed by atoms with E-state index in [4.69, 9.17) is 0 Å². The van der Waals surface area contributed by atoms with Crippen molar-refractivity contribution in [2.24, 2.45) is 5.10 Å². The summed E-state index contributed by atoms with van der Waals surface area (Å²) in [5.74, 6) is 0. The Morgan fingerprint density at radius 1 is 1.44 bits per heavy atom. The molecule has 0 radical (unpaired) electrons. The highest BCUT2D eigenvalue weighted by molar-refractivity contribution is 5.60. The second kappa shape index (κ2) is 7.39. The van der Waals surface area contributed by atoms with Crippen molar-refractivity contribution in [3.63, 3.8) is 0 Å². The lowest BCUT2D eigenvalue weighted by molar-refractivity contribution is -0.384. The Morgan fingerprint density at radius 2 is 2.06 bits per heavy atom. The summed E-state index contributed by atoms with van der Waals surface area (Å²) in [6.07, 6.45) is 1.58. The van der Waals surface area contributed by atoms with Crippen LogP contribution in [0, 0.1) is 17.0 Å². The third-order valence-electron chi connectivity index (χ3n) is 1.75. The van der Waals surface area contributed by atoms with Gasteiger partial charge in [0.1, 0.15) is 0 Å². The Kier molecular flexibility index (Phi) is 6.51. The molecule has 5 heteroatoms. The number of rotatable bonds is 3. The van der Waals surface area contributed by atoms with Crippen molar-refractivity contribution < 1.29 is 4.92 Å². The number of hydrazone groups is 1. The molecule has 0 fully saturated rings. The van der Waals surface area contributed by atoms with E-state index in [1.165, 1.54) is 12.1 Å². The van der Waals surface area contributed by atoms with Crippen molar-refractivity contribution in [1.29, 1.82) is 0 Å². The number of nitro benzene ring substituents is 1. The average Bonchev–Trinajstić information content (AvgIpc) is 2.30. The minimum Gasteiger partial charge on any atom is -0.278 e. The van der Waals surface area contributed by atoms with Crippen LogP contribution in [0.2, 0.25) is 0 Å². The third-order valence-corrected chi connectivity index (χ3v) is 1.75. The summed E-state index contributed by atoms with van der Waals surface area (Å²) < 4.78 is 0. The lowest BCUT2D eigenvalue weighted by Gasteiger charge is -2.03. The molecule has 0 bridgehead atoms. The van der Waals surface area contributed by atoms with Gasteiger partial charge in [0.15, 0.2) is 0 Å². The number of benzene rings is 1. The smallest absolute Gasteiger partial charge is 0.271 e. The molecule has 16 heavy (non-hydrogen) atoms. The number of hydrogen-bond acceptors (Lipinski definition) is 4. The summed E-state index contributed by atoms with van der Waals surface area (Å²) in [5, 5.41) is 14.3. The van der Waals surface area contributed by atoms with Crippen LogP contribution in [-0.4, -0.2) is 11.1 Å². The summed E-state index contributed by atoms with van der Waals surface area (Å²) in [6, 6.07) is 4.62. The van der Waals surface area contributed by atoms with Crippen molar-refractivity contribution in [1.82, 2.24) is 0 Å². The maximum atomic E-state index is 10.5. The van der Waals surface area contributed by atoms with Crippen LogP contribution in [0.15, 0.2) is 23.3 Å².